The molecule has 29 heavy (non-hydrogen) atoms. The minimum absolute atomic E-state index is 0.0374. The van der Waals surface area contributed by atoms with Gasteiger partial charge >= 0.3 is 0 Å². The predicted molar refractivity (Wildman–Crippen MR) is 97.8 cm³/mol. The molecule has 4 rings (SSSR count). The van der Waals surface area contributed by atoms with Crippen molar-refractivity contribution in [2.75, 3.05) is 0 Å². The van der Waals surface area contributed by atoms with Crippen molar-refractivity contribution in [3.05, 3.63) is 65.4 Å². The molecule has 1 amide bonds. The molecule has 0 bridgehead atoms. The molecule has 0 radical (unpaired) electrons. The zero-order valence-corrected chi connectivity index (χ0v) is 15.4. The van der Waals surface area contributed by atoms with Crippen molar-refractivity contribution in [2.24, 2.45) is 0 Å². The number of nitrogens with one attached hydrogen (secondary N) is 1. The number of halogens is 2. The monoisotopic (exact) mass is 398 g/mol. The van der Waals surface area contributed by atoms with Crippen LogP contribution in [0.4, 0.5) is 8.78 Å². The van der Waals surface area contributed by atoms with Gasteiger partial charge in [-0.15, -0.1) is 10.2 Å². The average molecular weight is 398 g/mol. The molecular formula is C19H16F2N6O2. The van der Waals surface area contributed by atoms with Gasteiger partial charge in [0.2, 0.25) is 0 Å². The second-order valence-electron chi connectivity index (χ2n) is 6.30. The van der Waals surface area contributed by atoms with Gasteiger partial charge in [0.1, 0.15) is 11.6 Å². The summed E-state index contributed by atoms with van der Waals surface area (Å²) in [6.07, 6.45) is 3.31. The number of aromatic nitrogens is 5. The van der Waals surface area contributed by atoms with E-state index < -0.39 is 17.5 Å². The van der Waals surface area contributed by atoms with E-state index in [1.807, 2.05) is 6.92 Å². The van der Waals surface area contributed by atoms with Crippen LogP contribution >= 0.6 is 0 Å². The molecule has 0 saturated heterocycles. The van der Waals surface area contributed by atoms with E-state index in [0.29, 0.717) is 35.2 Å². The van der Waals surface area contributed by atoms with Crippen molar-refractivity contribution in [1.29, 1.82) is 0 Å². The first-order chi connectivity index (χ1) is 14.1. The SMILES string of the molecule is CCCc1noc(-c2cccn3c(CNC(=O)c4cc(F)ccc4F)nnc23)n1. The first kappa shape index (κ1) is 18.7. The molecule has 10 heteroatoms. The number of nitrogens with zero attached hydrogens (tertiary/aromatic N) is 5. The number of fused-ring (bicyclic) bond motifs is 1. The largest absolute Gasteiger partial charge is 0.345 e. The van der Waals surface area contributed by atoms with Gasteiger partial charge in [0, 0.05) is 12.6 Å². The highest BCUT2D eigenvalue weighted by Gasteiger charge is 2.17. The Labute approximate surface area is 163 Å². The molecule has 1 aromatic carbocycles. The Kier molecular flexibility index (Phi) is 4.98. The number of hydrogen-bond donors (Lipinski definition) is 1. The standard InChI is InChI=1S/C19H16F2N6O2/c1-2-4-15-23-19(29-26-15)12-5-3-8-27-16(24-25-17(12)27)10-22-18(28)13-9-11(20)6-7-14(13)21/h3,5-9H,2,4,10H2,1H3,(H,22,28). The van der Waals surface area contributed by atoms with Gasteiger partial charge in [-0.2, -0.15) is 4.98 Å². The topological polar surface area (TPSA) is 98.2 Å². The number of pyridine rings is 1. The molecule has 3 aromatic heterocycles. The van der Waals surface area contributed by atoms with Crippen LogP contribution in [0.2, 0.25) is 0 Å². The molecule has 148 valence electrons. The Morgan fingerprint density at radius 1 is 1.24 bits per heavy atom. The molecule has 0 aliphatic heterocycles. The first-order valence-electron chi connectivity index (χ1n) is 8.95. The van der Waals surface area contributed by atoms with Crippen LogP contribution in [-0.2, 0) is 13.0 Å². The smallest absolute Gasteiger partial charge is 0.261 e. The average Bonchev–Trinajstić information content (AvgIpc) is 3.35. The van der Waals surface area contributed by atoms with E-state index in [2.05, 4.69) is 25.7 Å². The molecule has 0 fully saturated rings. The van der Waals surface area contributed by atoms with E-state index in [9.17, 15) is 13.6 Å². The van der Waals surface area contributed by atoms with Gasteiger partial charge in [0.05, 0.1) is 17.7 Å². The maximum atomic E-state index is 13.8. The minimum Gasteiger partial charge on any atom is -0.345 e. The summed E-state index contributed by atoms with van der Waals surface area (Å²) in [6.45, 7) is 1.98. The van der Waals surface area contributed by atoms with Gasteiger partial charge in [-0.1, -0.05) is 12.1 Å². The van der Waals surface area contributed by atoms with Crippen LogP contribution in [0.5, 0.6) is 0 Å². The fraction of sp³-hybridized carbons (Fsp3) is 0.211. The van der Waals surface area contributed by atoms with Gasteiger partial charge in [-0.25, -0.2) is 8.78 Å². The number of carbonyl (C=O) groups excluding carboxylic acids is 1. The summed E-state index contributed by atoms with van der Waals surface area (Å²) < 4.78 is 34.0. The summed E-state index contributed by atoms with van der Waals surface area (Å²) >= 11 is 0. The molecule has 0 saturated carbocycles. The third-order valence-electron chi connectivity index (χ3n) is 4.26. The van der Waals surface area contributed by atoms with Gasteiger partial charge in [-0.05, 0) is 36.8 Å². The summed E-state index contributed by atoms with van der Waals surface area (Å²) in [5, 5.41) is 14.7. The van der Waals surface area contributed by atoms with E-state index in [1.165, 1.54) is 0 Å². The molecule has 0 spiro atoms. The van der Waals surface area contributed by atoms with Gasteiger partial charge in [-0.3, -0.25) is 9.20 Å². The predicted octanol–water partition coefficient (Wildman–Crippen LogP) is 2.94. The van der Waals surface area contributed by atoms with E-state index in [4.69, 9.17) is 4.52 Å². The molecule has 0 atom stereocenters. The van der Waals surface area contributed by atoms with Crippen LogP contribution in [0.3, 0.4) is 0 Å². The van der Waals surface area contributed by atoms with Gasteiger partial charge in [0.25, 0.3) is 11.8 Å². The van der Waals surface area contributed by atoms with Crippen LogP contribution in [0, 0.1) is 11.6 Å². The molecule has 3 heterocycles. The normalized spacial score (nSPS) is 11.1. The summed E-state index contributed by atoms with van der Waals surface area (Å²) in [4.78, 5) is 16.5. The molecule has 0 aliphatic carbocycles. The lowest BCUT2D eigenvalue weighted by Gasteiger charge is -2.06. The first-order valence-corrected chi connectivity index (χ1v) is 8.95. The second kappa shape index (κ2) is 7.74. The lowest BCUT2D eigenvalue weighted by Crippen LogP contribution is -2.25. The van der Waals surface area contributed by atoms with Crippen molar-refractivity contribution in [1.82, 2.24) is 30.1 Å². The number of carbonyl (C=O) groups is 1. The van der Waals surface area contributed by atoms with Crippen LogP contribution in [0.15, 0.2) is 41.1 Å². The summed E-state index contributed by atoms with van der Waals surface area (Å²) in [5.74, 6) is -0.929. The van der Waals surface area contributed by atoms with Gasteiger partial charge in [0.15, 0.2) is 17.3 Å². The zero-order chi connectivity index (χ0) is 20.4. The van der Waals surface area contributed by atoms with Crippen LogP contribution in [-0.4, -0.2) is 30.6 Å². The molecule has 0 aliphatic rings. The number of hydrogen-bond acceptors (Lipinski definition) is 6. The Balaban J connectivity index is 1.58. The number of aryl methyl sites for hydroxylation is 1. The zero-order valence-electron chi connectivity index (χ0n) is 15.4. The van der Waals surface area contributed by atoms with E-state index in [1.54, 1.807) is 22.7 Å². The highest BCUT2D eigenvalue weighted by Crippen LogP contribution is 2.22. The Morgan fingerprint density at radius 3 is 2.93 bits per heavy atom. The van der Waals surface area contributed by atoms with Crippen LogP contribution in [0.1, 0.15) is 35.4 Å². The lowest BCUT2D eigenvalue weighted by molar-refractivity contribution is 0.0945. The van der Waals surface area contributed by atoms with E-state index in [-0.39, 0.29) is 12.1 Å². The molecule has 4 aromatic rings. The highest BCUT2D eigenvalue weighted by atomic mass is 19.1. The third kappa shape index (κ3) is 3.68. The third-order valence-corrected chi connectivity index (χ3v) is 4.26. The van der Waals surface area contributed by atoms with Crippen molar-refractivity contribution in [3.63, 3.8) is 0 Å². The maximum absolute atomic E-state index is 13.8. The number of amides is 1. The second-order valence-corrected chi connectivity index (χ2v) is 6.30. The molecule has 1 N–H and O–H groups in total. The van der Waals surface area contributed by atoms with E-state index in [0.717, 1.165) is 24.6 Å². The Hall–Kier alpha value is -3.69. The summed E-state index contributed by atoms with van der Waals surface area (Å²) in [6, 6.07) is 6.22. The van der Waals surface area contributed by atoms with Crippen molar-refractivity contribution in [2.45, 2.75) is 26.3 Å². The summed E-state index contributed by atoms with van der Waals surface area (Å²) in [5.41, 5.74) is 0.692. The maximum Gasteiger partial charge on any atom is 0.261 e. The van der Waals surface area contributed by atoms with Crippen LogP contribution in [0.25, 0.3) is 17.1 Å². The highest BCUT2D eigenvalue weighted by molar-refractivity contribution is 5.94. The fourth-order valence-electron chi connectivity index (χ4n) is 2.87. The Bertz CT molecular complexity index is 1190. The number of rotatable bonds is 6. The van der Waals surface area contributed by atoms with Crippen molar-refractivity contribution in [3.8, 4) is 11.5 Å². The Morgan fingerprint density at radius 2 is 2.10 bits per heavy atom. The van der Waals surface area contributed by atoms with E-state index >= 15 is 0 Å². The minimum atomic E-state index is -0.809. The molecule has 8 nitrogen and oxygen atoms in total. The van der Waals surface area contributed by atoms with Crippen LogP contribution < -0.4 is 5.32 Å². The van der Waals surface area contributed by atoms with Crippen molar-refractivity contribution >= 4 is 11.6 Å². The van der Waals surface area contributed by atoms with Crippen molar-refractivity contribution < 1.29 is 18.1 Å². The molecular weight excluding hydrogens is 382 g/mol. The lowest BCUT2D eigenvalue weighted by atomic mass is 10.2. The quantitative estimate of drug-likeness (QED) is 0.536. The summed E-state index contributed by atoms with van der Waals surface area (Å²) in [7, 11) is 0. The van der Waals surface area contributed by atoms with Gasteiger partial charge < -0.3 is 9.84 Å². The fourth-order valence-corrected chi connectivity index (χ4v) is 2.87. The number of benzene rings is 1. The molecule has 0 unspecified atom stereocenters.